The van der Waals surface area contributed by atoms with E-state index in [9.17, 15) is 13.6 Å². The number of carbonyl (C=O) groups is 1. The topological polar surface area (TPSA) is 40.5 Å². The molecule has 0 heterocycles. The van der Waals surface area contributed by atoms with Gasteiger partial charge >= 0.3 is 5.97 Å². The molecule has 100 valence electrons. The van der Waals surface area contributed by atoms with Crippen LogP contribution in [0.4, 0.5) is 8.78 Å². The van der Waals surface area contributed by atoms with Crippen LogP contribution in [0.15, 0.2) is 18.2 Å². The number of nitrogens with zero attached hydrogens (tertiary/aromatic N) is 1. The van der Waals surface area contributed by atoms with E-state index in [0.717, 1.165) is 6.07 Å². The lowest BCUT2D eigenvalue weighted by atomic mass is 10.1. The van der Waals surface area contributed by atoms with Crippen molar-refractivity contribution in [3.05, 3.63) is 35.4 Å². The molecule has 18 heavy (non-hydrogen) atoms. The van der Waals surface area contributed by atoms with Crippen molar-refractivity contribution in [3.63, 3.8) is 0 Å². The molecule has 1 rings (SSSR count). The van der Waals surface area contributed by atoms with Gasteiger partial charge in [0.2, 0.25) is 0 Å². The van der Waals surface area contributed by atoms with Crippen LogP contribution in [0.5, 0.6) is 0 Å². The zero-order chi connectivity index (χ0) is 13.7. The van der Waals surface area contributed by atoms with Crippen LogP contribution in [-0.2, 0) is 11.2 Å². The van der Waals surface area contributed by atoms with Gasteiger partial charge in [0.25, 0.3) is 0 Å². The van der Waals surface area contributed by atoms with Crippen molar-refractivity contribution in [1.29, 1.82) is 0 Å². The summed E-state index contributed by atoms with van der Waals surface area (Å²) in [6, 6.07) is 3.38. The maximum atomic E-state index is 13.4. The van der Waals surface area contributed by atoms with E-state index in [1.54, 1.807) is 14.0 Å². The highest BCUT2D eigenvalue weighted by Crippen LogP contribution is 2.11. The molecule has 3 nitrogen and oxygen atoms in total. The molecular weight excluding hydrogens is 240 g/mol. The highest BCUT2D eigenvalue weighted by atomic mass is 19.1. The first kappa shape index (κ1) is 14.6. The number of hydrogen-bond donors (Lipinski definition) is 1. The summed E-state index contributed by atoms with van der Waals surface area (Å²) in [4.78, 5) is 12.4. The van der Waals surface area contributed by atoms with Crippen LogP contribution < -0.4 is 0 Å². The van der Waals surface area contributed by atoms with Gasteiger partial charge in [-0.25, -0.2) is 8.78 Å². The number of halogens is 2. The molecule has 1 aromatic carbocycles. The minimum Gasteiger partial charge on any atom is -0.481 e. The van der Waals surface area contributed by atoms with Crippen LogP contribution >= 0.6 is 0 Å². The molecule has 0 radical (unpaired) electrons. The predicted molar refractivity (Wildman–Crippen MR) is 64.4 cm³/mol. The van der Waals surface area contributed by atoms with Crippen molar-refractivity contribution < 1.29 is 18.7 Å². The highest BCUT2D eigenvalue weighted by molar-refractivity contribution is 5.67. The summed E-state index contributed by atoms with van der Waals surface area (Å²) in [5.41, 5.74) is 0.436. The average molecular weight is 257 g/mol. The number of carboxylic acid groups (broad SMARTS) is 1. The molecule has 0 spiro atoms. The maximum Gasteiger partial charge on any atom is 0.304 e. The largest absolute Gasteiger partial charge is 0.481 e. The van der Waals surface area contributed by atoms with E-state index in [1.165, 1.54) is 12.1 Å². The van der Waals surface area contributed by atoms with Crippen LogP contribution in [0.2, 0.25) is 0 Å². The molecule has 0 aliphatic rings. The fourth-order valence-corrected chi connectivity index (χ4v) is 1.65. The van der Waals surface area contributed by atoms with Crippen molar-refractivity contribution in [2.75, 3.05) is 13.6 Å². The summed E-state index contributed by atoms with van der Waals surface area (Å²) in [5.74, 6) is -2.01. The van der Waals surface area contributed by atoms with E-state index in [-0.39, 0.29) is 12.5 Å². The van der Waals surface area contributed by atoms with Gasteiger partial charge in [0.05, 0.1) is 6.42 Å². The number of rotatable bonds is 6. The smallest absolute Gasteiger partial charge is 0.304 e. The molecule has 0 aromatic heterocycles. The molecule has 5 heteroatoms. The van der Waals surface area contributed by atoms with Crippen molar-refractivity contribution in [2.45, 2.75) is 25.8 Å². The fourth-order valence-electron chi connectivity index (χ4n) is 1.65. The first-order chi connectivity index (χ1) is 8.40. The average Bonchev–Trinajstić information content (AvgIpc) is 2.26. The number of carboxylic acids is 1. The lowest BCUT2D eigenvalue weighted by molar-refractivity contribution is -0.138. The SMILES string of the molecule is CC(CC(=O)O)N(C)CCc1ccc(F)cc1F. The Balaban J connectivity index is 2.51. The molecule has 0 aliphatic heterocycles. The molecule has 1 unspecified atom stereocenters. The number of benzene rings is 1. The van der Waals surface area contributed by atoms with E-state index >= 15 is 0 Å². The van der Waals surface area contributed by atoms with Gasteiger partial charge in [-0.15, -0.1) is 0 Å². The Morgan fingerprint density at radius 1 is 1.44 bits per heavy atom. The minimum absolute atomic E-state index is 0.0440. The summed E-state index contributed by atoms with van der Waals surface area (Å²) in [5, 5.41) is 8.66. The number of aliphatic carboxylic acids is 1. The third-order valence-corrected chi connectivity index (χ3v) is 2.97. The maximum absolute atomic E-state index is 13.4. The zero-order valence-corrected chi connectivity index (χ0v) is 10.5. The standard InChI is InChI=1S/C13H17F2NO2/c1-9(7-13(17)18)16(2)6-5-10-3-4-11(14)8-12(10)15/h3-4,8-9H,5-7H2,1-2H3,(H,17,18). The number of hydrogen-bond acceptors (Lipinski definition) is 2. The van der Waals surface area contributed by atoms with Crippen LogP contribution in [0.25, 0.3) is 0 Å². The van der Waals surface area contributed by atoms with Crippen molar-refractivity contribution in [1.82, 2.24) is 4.90 Å². The first-order valence-electron chi connectivity index (χ1n) is 5.76. The van der Waals surface area contributed by atoms with Gasteiger partial charge in [-0.05, 0) is 32.0 Å². The van der Waals surface area contributed by atoms with E-state index in [4.69, 9.17) is 5.11 Å². The first-order valence-corrected chi connectivity index (χ1v) is 5.76. The van der Waals surface area contributed by atoms with Gasteiger partial charge in [0, 0.05) is 18.7 Å². The molecule has 1 aromatic rings. The van der Waals surface area contributed by atoms with Crippen LogP contribution in [-0.4, -0.2) is 35.6 Å². The highest BCUT2D eigenvalue weighted by Gasteiger charge is 2.13. The van der Waals surface area contributed by atoms with E-state index in [1.807, 2.05) is 4.90 Å². The van der Waals surface area contributed by atoms with Crippen molar-refractivity contribution in [2.24, 2.45) is 0 Å². The van der Waals surface area contributed by atoms with E-state index in [0.29, 0.717) is 18.5 Å². The third kappa shape index (κ3) is 4.41. The van der Waals surface area contributed by atoms with Gasteiger partial charge in [-0.1, -0.05) is 6.07 Å². The second-order valence-electron chi connectivity index (χ2n) is 4.41. The second-order valence-corrected chi connectivity index (χ2v) is 4.41. The summed E-state index contributed by atoms with van der Waals surface area (Å²) < 4.78 is 26.1. The summed E-state index contributed by atoms with van der Waals surface area (Å²) in [7, 11) is 1.79. The lowest BCUT2D eigenvalue weighted by Crippen LogP contribution is -2.32. The Bertz CT molecular complexity index is 423. The van der Waals surface area contributed by atoms with Crippen molar-refractivity contribution in [3.8, 4) is 0 Å². The van der Waals surface area contributed by atoms with Crippen LogP contribution in [0, 0.1) is 11.6 Å². The Morgan fingerprint density at radius 3 is 2.67 bits per heavy atom. The quantitative estimate of drug-likeness (QED) is 0.850. The molecule has 0 aliphatic carbocycles. The van der Waals surface area contributed by atoms with Crippen LogP contribution in [0.3, 0.4) is 0 Å². The van der Waals surface area contributed by atoms with Gasteiger partial charge in [0.1, 0.15) is 11.6 Å². The van der Waals surface area contributed by atoms with E-state index < -0.39 is 17.6 Å². The monoisotopic (exact) mass is 257 g/mol. The Hall–Kier alpha value is -1.49. The molecule has 0 bridgehead atoms. The molecule has 0 amide bonds. The Kier molecular flexibility index (Phi) is 5.22. The molecular formula is C13H17F2NO2. The Morgan fingerprint density at radius 2 is 2.11 bits per heavy atom. The predicted octanol–water partition coefficient (Wildman–Crippen LogP) is 2.30. The zero-order valence-electron chi connectivity index (χ0n) is 10.5. The lowest BCUT2D eigenvalue weighted by Gasteiger charge is -2.23. The van der Waals surface area contributed by atoms with Gasteiger partial charge in [-0.3, -0.25) is 4.79 Å². The summed E-state index contributed by atoms with van der Waals surface area (Å²) in [6.07, 6.45) is 0.467. The summed E-state index contributed by atoms with van der Waals surface area (Å²) in [6.45, 7) is 2.33. The van der Waals surface area contributed by atoms with Gasteiger partial charge in [-0.2, -0.15) is 0 Å². The second kappa shape index (κ2) is 6.44. The molecule has 1 N–H and O–H groups in total. The molecule has 0 fully saturated rings. The fraction of sp³-hybridized carbons (Fsp3) is 0.462. The van der Waals surface area contributed by atoms with Crippen LogP contribution in [0.1, 0.15) is 18.9 Å². The summed E-state index contributed by atoms with van der Waals surface area (Å²) >= 11 is 0. The Labute approximate surface area is 105 Å². The molecule has 0 saturated heterocycles. The van der Waals surface area contributed by atoms with Gasteiger partial charge in [0.15, 0.2) is 0 Å². The van der Waals surface area contributed by atoms with Crippen molar-refractivity contribution >= 4 is 5.97 Å². The molecule has 0 saturated carbocycles. The van der Waals surface area contributed by atoms with Gasteiger partial charge < -0.3 is 10.0 Å². The third-order valence-electron chi connectivity index (χ3n) is 2.97. The molecule has 1 atom stereocenters. The normalized spacial score (nSPS) is 12.7. The van der Waals surface area contributed by atoms with E-state index in [2.05, 4.69) is 0 Å². The minimum atomic E-state index is -0.859. The number of likely N-dealkylation sites (N-methyl/N-ethyl adjacent to an activating group) is 1.